The van der Waals surface area contributed by atoms with Crippen molar-refractivity contribution in [1.82, 2.24) is 20.2 Å². The Labute approximate surface area is 171 Å². The Morgan fingerprint density at radius 2 is 2.07 bits per heavy atom. The molecule has 1 fully saturated rings. The minimum absolute atomic E-state index is 0.0592. The van der Waals surface area contributed by atoms with E-state index in [9.17, 15) is 4.79 Å². The molecule has 1 saturated heterocycles. The van der Waals surface area contributed by atoms with Crippen molar-refractivity contribution in [2.75, 3.05) is 38.6 Å². The molecule has 0 spiro atoms. The average molecular weight is 420 g/mol. The highest BCUT2D eigenvalue weighted by Crippen LogP contribution is 2.37. The quantitative estimate of drug-likeness (QED) is 0.675. The second kappa shape index (κ2) is 7.84. The second-order valence-electron chi connectivity index (χ2n) is 6.66. The molecule has 29 heavy (non-hydrogen) atoms. The fourth-order valence-corrected chi connectivity index (χ4v) is 3.44. The molecule has 2 aromatic heterocycles. The molecule has 0 atom stereocenters. The summed E-state index contributed by atoms with van der Waals surface area (Å²) in [5, 5.41) is 6.11. The molecule has 10 heteroatoms. The summed E-state index contributed by atoms with van der Waals surface area (Å²) >= 11 is 5.89. The van der Waals surface area contributed by atoms with Crippen LogP contribution in [0.1, 0.15) is 5.56 Å². The first-order chi connectivity index (χ1) is 14.0. The van der Waals surface area contributed by atoms with Gasteiger partial charge in [0.1, 0.15) is 17.0 Å². The van der Waals surface area contributed by atoms with Crippen LogP contribution in [0, 0.1) is 12.7 Å². The maximum Gasteiger partial charge on any atom is 0.321 e. The number of piperazine rings is 1. The number of ether oxygens (including phenoxy) is 1. The Bertz CT molecular complexity index is 1080. The van der Waals surface area contributed by atoms with Crippen molar-refractivity contribution in [3.8, 4) is 17.1 Å². The number of carbonyl (C=O) groups is 1. The molecule has 0 aliphatic carbocycles. The van der Waals surface area contributed by atoms with E-state index in [1.165, 1.54) is 19.2 Å². The number of rotatable bonds is 3. The summed E-state index contributed by atoms with van der Waals surface area (Å²) in [5.74, 6) is -0.494. The van der Waals surface area contributed by atoms with Crippen molar-refractivity contribution in [3.63, 3.8) is 0 Å². The van der Waals surface area contributed by atoms with Crippen molar-refractivity contribution in [2.24, 2.45) is 0 Å². The number of anilines is 1. The fraction of sp³-hybridized carbons (Fsp3) is 0.316. The van der Waals surface area contributed by atoms with Gasteiger partial charge in [-0.05, 0) is 36.2 Å². The van der Waals surface area contributed by atoms with Gasteiger partial charge in [-0.3, -0.25) is 0 Å². The van der Waals surface area contributed by atoms with Crippen LogP contribution in [0.3, 0.4) is 0 Å². The topological polar surface area (TPSA) is 92.5 Å². The molecule has 0 saturated carbocycles. The van der Waals surface area contributed by atoms with Crippen LogP contribution in [0.15, 0.2) is 22.6 Å². The lowest BCUT2D eigenvalue weighted by Crippen LogP contribution is -2.48. The van der Waals surface area contributed by atoms with Gasteiger partial charge in [-0.25, -0.2) is 14.2 Å². The van der Waals surface area contributed by atoms with E-state index < -0.39 is 5.82 Å². The second-order valence-corrected chi connectivity index (χ2v) is 7.03. The standard InChI is InChI=1S/C19H19ClFN5O3/c1-10-7-11(21)15(12(8-10)24-19(27)26-5-3-22-4-6-26)16-18(28-2)25-17-13(23-16)9-14(20)29-17/h7-9,22H,3-6H2,1-2H3,(H,24,27). The molecule has 0 radical (unpaired) electrons. The Morgan fingerprint density at radius 3 is 2.79 bits per heavy atom. The fourth-order valence-electron chi connectivity index (χ4n) is 3.27. The smallest absolute Gasteiger partial charge is 0.321 e. The van der Waals surface area contributed by atoms with Gasteiger partial charge in [0, 0.05) is 32.2 Å². The molecule has 0 unspecified atom stereocenters. The predicted octanol–water partition coefficient (Wildman–Crippen LogP) is 3.44. The number of nitrogens with one attached hydrogen (secondary N) is 2. The molecule has 3 heterocycles. The van der Waals surface area contributed by atoms with Crippen LogP contribution in [0.2, 0.25) is 5.22 Å². The Kier molecular flexibility index (Phi) is 5.25. The summed E-state index contributed by atoms with van der Waals surface area (Å²) in [6.07, 6.45) is 0. The number of amides is 2. The van der Waals surface area contributed by atoms with Gasteiger partial charge in [-0.15, -0.1) is 0 Å². The summed E-state index contributed by atoms with van der Waals surface area (Å²) in [4.78, 5) is 23.0. The summed E-state index contributed by atoms with van der Waals surface area (Å²) in [7, 11) is 1.40. The van der Waals surface area contributed by atoms with E-state index in [-0.39, 0.29) is 39.8 Å². The van der Waals surface area contributed by atoms with Gasteiger partial charge in [0.15, 0.2) is 5.22 Å². The van der Waals surface area contributed by atoms with Crippen LogP contribution in [-0.2, 0) is 0 Å². The molecule has 3 aromatic rings. The third-order valence-corrected chi connectivity index (χ3v) is 4.80. The first-order valence-electron chi connectivity index (χ1n) is 9.04. The van der Waals surface area contributed by atoms with Gasteiger partial charge in [0.2, 0.25) is 11.6 Å². The lowest BCUT2D eigenvalue weighted by Gasteiger charge is -2.28. The zero-order valence-corrected chi connectivity index (χ0v) is 16.6. The lowest BCUT2D eigenvalue weighted by atomic mass is 10.1. The molecule has 2 N–H and O–H groups in total. The predicted molar refractivity (Wildman–Crippen MR) is 107 cm³/mol. The molecule has 152 valence electrons. The summed E-state index contributed by atoms with van der Waals surface area (Å²) in [6, 6.07) is 4.23. The third-order valence-electron chi connectivity index (χ3n) is 4.61. The van der Waals surface area contributed by atoms with Gasteiger partial charge < -0.3 is 24.7 Å². The normalized spacial score (nSPS) is 14.3. The number of nitrogens with zero attached hydrogens (tertiary/aromatic N) is 3. The number of fused-ring (bicyclic) bond motifs is 1. The monoisotopic (exact) mass is 419 g/mol. The Morgan fingerprint density at radius 1 is 1.31 bits per heavy atom. The van der Waals surface area contributed by atoms with Crippen LogP contribution in [-0.4, -0.2) is 54.2 Å². The van der Waals surface area contributed by atoms with Crippen molar-refractivity contribution >= 4 is 34.5 Å². The highest BCUT2D eigenvalue weighted by atomic mass is 35.5. The van der Waals surface area contributed by atoms with Crippen LogP contribution in [0.5, 0.6) is 5.88 Å². The van der Waals surface area contributed by atoms with E-state index in [1.54, 1.807) is 17.9 Å². The number of methoxy groups -OCH3 is 1. The number of benzene rings is 1. The molecule has 4 rings (SSSR count). The van der Waals surface area contributed by atoms with Crippen molar-refractivity contribution < 1.29 is 18.3 Å². The van der Waals surface area contributed by atoms with Crippen molar-refractivity contribution in [1.29, 1.82) is 0 Å². The Balaban J connectivity index is 1.81. The SMILES string of the molecule is COc1nc2oc(Cl)cc2nc1-c1c(F)cc(C)cc1NC(=O)N1CCNCC1. The van der Waals surface area contributed by atoms with Crippen LogP contribution >= 0.6 is 11.6 Å². The molecule has 2 amide bonds. The maximum atomic E-state index is 15.1. The number of aryl methyl sites for hydroxylation is 1. The van der Waals surface area contributed by atoms with E-state index in [4.69, 9.17) is 20.8 Å². The Hall–Kier alpha value is -2.91. The van der Waals surface area contributed by atoms with Crippen LogP contribution < -0.4 is 15.4 Å². The molecular weight excluding hydrogens is 401 g/mol. The van der Waals surface area contributed by atoms with Crippen molar-refractivity contribution in [2.45, 2.75) is 6.92 Å². The lowest BCUT2D eigenvalue weighted by molar-refractivity contribution is 0.204. The molecule has 0 bridgehead atoms. The maximum absolute atomic E-state index is 15.1. The highest BCUT2D eigenvalue weighted by molar-refractivity contribution is 6.29. The number of hydrogen-bond donors (Lipinski definition) is 2. The minimum atomic E-state index is -0.554. The zero-order chi connectivity index (χ0) is 20.5. The van der Waals surface area contributed by atoms with Gasteiger partial charge in [0.05, 0.1) is 18.4 Å². The molecular formula is C19H19ClFN5O3. The first kappa shape index (κ1) is 19.4. The van der Waals surface area contributed by atoms with Crippen LogP contribution in [0.25, 0.3) is 22.5 Å². The summed E-state index contributed by atoms with van der Waals surface area (Å²) in [6.45, 7) is 4.30. The molecule has 1 aliphatic heterocycles. The summed E-state index contributed by atoms with van der Waals surface area (Å²) < 4.78 is 25.6. The number of urea groups is 1. The van der Waals surface area contributed by atoms with Crippen LogP contribution in [0.4, 0.5) is 14.9 Å². The number of furan rings is 1. The van der Waals surface area contributed by atoms with Gasteiger partial charge in [-0.1, -0.05) is 0 Å². The molecule has 8 nitrogen and oxygen atoms in total. The number of carbonyl (C=O) groups excluding carboxylic acids is 1. The van der Waals surface area contributed by atoms with E-state index >= 15 is 4.39 Å². The number of halogens is 2. The van der Waals surface area contributed by atoms with Gasteiger partial charge >= 0.3 is 6.03 Å². The highest BCUT2D eigenvalue weighted by Gasteiger charge is 2.24. The molecule has 1 aromatic carbocycles. The first-order valence-corrected chi connectivity index (χ1v) is 9.42. The molecule has 1 aliphatic rings. The van der Waals surface area contributed by atoms with E-state index in [0.29, 0.717) is 37.3 Å². The zero-order valence-electron chi connectivity index (χ0n) is 15.9. The van der Waals surface area contributed by atoms with Gasteiger partial charge in [-0.2, -0.15) is 4.98 Å². The van der Waals surface area contributed by atoms with Crippen molar-refractivity contribution in [3.05, 3.63) is 34.8 Å². The van der Waals surface area contributed by atoms with E-state index in [1.807, 2.05) is 0 Å². The summed E-state index contributed by atoms with van der Waals surface area (Å²) in [5.41, 5.74) is 1.70. The minimum Gasteiger partial charge on any atom is -0.479 e. The average Bonchev–Trinajstić information content (AvgIpc) is 3.06. The van der Waals surface area contributed by atoms with E-state index in [2.05, 4.69) is 20.6 Å². The largest absolute Gasteiger partial charge is 0.479 e. The third kappa shape index (κ3) is 3.83. The number of hydrogen-bond acceptors (Lipinski definition) is 6. The number of aromatic nitrogens is 2. The van der Waals surface area contributed by atoms with E-state index in [0.717, 1.165) is 0 Å². The van der Waals surface area contributed by atoms with Gasteiger partial charge in [0.25, 0.3) is 0 Å².